The van der Waals surface area contributed by atoms with E-state index in [1.54, 1.807) is 0 Å². The van der Waals surface area contributed by atoms with Gasteiger partial charge >= 0.3 is 0 Å². The molecule has 4 unspecified atom stereocenters. The molecule has 0 aromatic rings. The maximum atomic E-state index is 9.63. The maximum absolute atomic E-state index is 9.63. The first-order valence-electron chi connectivity index (χ1n) is 9.64. The average molecular weight is 290 g/mol. The van der Waals surface area contributed by atoms with E-state index in [0.717, 1.165) is 24.2 Å². The summed E-state index contributed by atoms with van der Waals surface area (Å²) in [6.07, 6.45) is 17.5. The van der Waals surface area contributed by atoms with Gasteiger partial charge in [0, 0.05) is 0 Å². The molecule has 0 aromatic heterocycles. The summed E-state index contributed by atoms with van der Waals surface area (Å²) >= 11 is 0. The molecule has 2 fully saturated rings. The van der Waals surface area contributed by atoms with Gasteiger partial charge in [0.25, 0.3) is 0 Å². The van der Waals surface area contributed by atoms with Crippen molar-refractivity contribution in [3.8, 4) is 6.07 Å². The van der Waals surface area contributed by atoms with E-state index in [9.17, 15) is 5.26 Å². The molecule has 2 saturated carbocycles. The SMILES string of the molecule is CCCCCCC1CCC2CC(C#N)(CCC)CCC2C1. The lowest BCUT2D eigenvalue weighted by atomic mass is 9.58. The highest BCUT2D eigenvalue weighted by Crippen LogP contribution is 2.51. The van der Waals surface area contributed by atoms with Gasteiger partial charge in [-0.1, -0.05) is 58.8 Å². The predicted octanol–water partition coefficient (Wildman–Crippen LogP) is 6.48. The minimum atomic E-state index is 0.0455. The molecule has 0 aromatic carbocycles. The molecule has 0 aliphatic heterocycles. The summed E-state index contributed by atoms with van der Waals surface area (Å²) in [5.74, 6) is 2.83. The van der Waals surface area contributed by atoms with Crippen LogP contribution in [0.15, 0.2) is 0 Å². The number of hydrogen-bond acceptors (Lipinski definition) is 1. The molecule has 0 amide bonds. The Hall–Kier alpha value is -0.510. The Morgan fingerprint density at radius 1 is 1.00 bits per heavy atom. The van der Waals surface area contributed by atoms with Crippen molar-refractivity contribution < 1.29 is 0 Å². The Labute approximate surface area is 132 Å². The summed E-state index contributed by atoms with van der Waals surface area (Å²) in [7, 11) is 0. The molecule has 0 bridgehead atoms. The van der Waals surface area contributed by atoms with Crippen LogP contribution >= 0.6 is 0 Å². The first kappa shape index (κ1) is 16.9. The molecule has 4 atom stereocenters. The van der Waals surface area contributed by atoms with Gasteiger partial charge in [0.05, 0.1) is 11.5 Å². The van der Waals surface area contributed by atoms with Gasteiger partial charge < -0.3 is 0 Å². The molecule has 0 spiro atoms. The van der Waals surface area contributed by atoms with Crippen LogP contribution in [0.2, 0.25) is 0 Å². The van der Waals surface area contributed by atoms with Gasteiger partial charge in [-0.15, -0.1) is 0 Å². The van der Waals surface area contributed by atoms with Crippen molar-refractivity contribution in [2.45, 2.75) is 97.3 Å². The summed E-state index contributed by atoms with van der Waals surface area (Å²) in [4.78, 5) is 0. The lowest BCUT2D eigenvalue weighted by molar-refractivity contribution is 0.0625. The van der Waals surface area contributed by atoms with Crippen molar-refractivity contribution in [1.29, 1.82) is 5.26 Å². The maximum Gasteiger partial charge on any atom is 0.0689 e. The molecular weight excluding hydrogens is 254 g/mol. The monoisotopic (exact) mass is 289 g/mol. The van der Waals surface area contributed by atoms with E-state index < -0.39 is 0 Å². The summed E-state index contributed by atoms with van der Waals surface area (Å²) in [6, 6.07) is 2.71. The van der Waals surface area contributed by atoms with Crippen LogP contribution in [0.1, 0.15) is 97.3 Å². The lowest BCUT2D eigenvalue weighted by Gasteiger charge is -2.45. The Balaban J connectivity index is 1.79. The molecule has 120 valence electrons. The molecule has 2 rings (SSSR count). The van der Waals surface area contributed by atoms with E-state index in [2.05, 4.69) is 19.9 Å². The standard InChI is InChI=1S/C20H35N/c1-3-5-6-7-8-17-9-10-19-15-20(16-21,12-4-2)13-11-18(19)14-17/h17-19H,3-15H2,1-2H3. The summed E-state index contributed by atoms with van der Waals surface area (Å²) in [6.45, 7) is 4.53. The normalized spacial score (nSPS) is 36.0. The van der Waals surface area contributed by atoms with Crippen molar-refractivity contribution in [1.82, 2.24) is 0 Å². The van der Waals surface area contributed by atoms with E-state index >= 15 is 0 Å². The fourth-order valence-electron chi connectivity index (χ4n) is 5.10. The number of unbranched alkanes of at least 4 members (excludes halogenated alkanes) is 3. The van der Waals surface area contributed by atoms with Gasteiger partial charge in [-0.3, -0.25) is 0 Å². The van der Waals surface area contributed by atoms with Crippen LogP contribution < -0.4 is 0 Å². The third-order valence-corrected chi connectivity index (χ3v) is 6.33. The third-order valence-electron chi connectivity index (χ3n) is 6.33. The molecule has 0 radical (unpaired) electrons. The van der Waals surface area contributed by atoms with E-state index in [1.165, 1.54) is 77.0 Å². The summed E-state index contributed by atoms with van der Waals surface area (Å²) in [5.41, 5.74) is 0.0455. The molecule has 1 heteroatoms. The van der Waals surface area contributed by atoms with Crippen LogP contribution in [0, 0.1) is 34.5 Å². The zero-order chi connectivity index (χ0) is 15.1. The third kappa shape index (κ3) is 4.48. The van der Waals surface area contributed by atoms with Gasteiger partial charge in [0.15, 0.2) is 0 Å². The topological polar surface area (TPSA) is 23.8 Å². The number of nitrogens with zero attached hydrogens (tertiary/aromatic N) is 1. The second kappa shape index (κ2) is 8.21. The highest BCUT2D eigenvalue weighted by atomic mass is 14.5. The number of nitriles is 1. The smallest absolute Gasteiger partial charge is 0.0689 e. The largest absolute Gasteiger partial charge is 0.198 e. The van der Waals surface area contributed by atoms with Crippen LogP contribution in [0.3, 0.4) is 0 Å². The number of rotatable bonds is 7. The zero-order valence-corrected chi connectivity index (χ0v) is 14.4. The Morgan fingerprint density at radius 2 is 1.86 bits per heavy atom. The predicted molar refractivity (Wildman–Crippen MR) is 89.9 cm³/mol. The van der Waals surface area contributed by atoms with Gasteiger partial charge in [0.1, 0.15) is 0 Å². The number of fused-ring (bicyclic) bond motifs is 1. The van der Waals surface area contributed by atoms with Crippen LogP contribution in [0.4, 0.5) is 0 Å². The Kier molecular flexibility index (Phi) is 6.59. The highest BCUT2D eigenvalue weighted by molar-refractivity contribution is 5.04. The van der Waals surface area contributed by atoms with Crippen molar-refractivity contribution in [3.63, 3.8) is 0 Å². The van der Waals surface area contributed by atoms with E-state index in [-0.39, 0.29) is 5.41 Å². The highest BCUT2D eigenvalue weighted by Gasteiger charge is 2.42. The average Bonchev–Trinajstić information content (AvgIpc) is 2.52. The van der Waals surface area contributed by atoms with Crippen LogP contribution in [-0.4, -0.2) is 0 Å². The molecule has 0 N–H and O–H groups in total. The van der Waals surface area contributed by atoms with E-state index in [1.807, 2.05) is 0 Å². The summed E-state index contributed by atoms with van der Waals surface area (Å²) in [5, 5.41) is 9.63. The molecule has 2 aliphatic rings. The van der Waals surface area contributed by atoms with Gasteiger partial charge in [-0.05, 0) is 56.3 Å². The Bertz CT molecular complexity index is 342. The van der Waals surface area contributed by atoms with Crippen LogP contribution in [0.25, 0.3) is 0 Å². The van der Waals surface area contributed by atoms with Crippen LogP contribution in [-0.2, 0) is 0 Å². The first-order valence-corrected chi connectivity index (χ1v) is 9.64. The van der Waals surface area contributed by atoms with Crippen molar-refractivity contribution >= 4 is 0 Å². The lowest BCUT2D eigenvalue weighted by Crippen LogP contribution is -2.36. The fraction of sp³-hybridized carbons (Fsp3) is 0.950. The molecule has 1 nitrogen and oxygen atoms in total. The van der Waals surface area contributed by atoms with E-state index in [4.69, 9.17) is 0 Å². The second-order valence-electron chi connectivity index (χ2n) is 7.93. The van der Waals surface area contributed by atoms with Crippen molar-refractivity contribution in [2.75, 3.05) is 0 Å². The molecule has 0 heterocycles. The molecular formula is C20H35N. The minimum absolute atomic E-state index is 0.0455. The van der Waals surface area contributed by atoms with E-state index in [0.29, 0.717) is 0 Å². The second-order valence-corrected chi connectivity index (χ2v) is 7.93. The first-order chi connectivity index (χ1) is 10.2. The summed E-state index contributed by atoms with van der Waals surface area (Å²) < 4.78 is 0. The molecule has 0 saturated heterocycles. The van der Waals surface area contributed by atoms with Gasteiger partial charge in [-0.2, -0.15) is 5.26 Å². The number of hydrogen-bond donors (Lipinski definition) is 0. The van der Waals surface area contributed by atoms with Gasteiger partial charge in [-0.25, -0.2) is 0 Å². The zero-order valence-electron chi connectivity index (χ0n) is 14.4. The van der Waals surface area contributed by atoms with Crippen molar-refractivity contribution in [3.05, 3.63) is 0 Å². The molecule has 2 aliphatic carbocycles. The van der Waals surface area contributed by atoms with Crippen LogP contribution in [0.5, 0.6) is 0 Å². The minimum Gasteiger partial charge on any atom is -0.198 e. The Morgan fingerprint density at radius 3 is 2.57 bits per heavy atom. The van der Waals surface area contributed by atoms with Crippen molar-refractivity contribution in [2.24, 2.45) is 23.2 Å². The fourth-order valence-corrected chi connectivity index (χ4v) is 5.10. The molecule has 21 heavy (non-hydrogen) atoms. The quantitative estimate of drug-likeness (QED) is 0.492. The van der Waals surface area contributed by atoms with Gasteiger partial charge in [0.2, 0.25) is 0 Å².